The Labute approximate surface area is 122 Å². The van der Waals surface area contributed by atoms with E-state index in [1.54, 1.807) is 6.92 Å². The lowest BCUT2D eigenvalue weighted by molar-refractivity contribution is -0.124. The van der Waals surface area contributed by atoms with E-state index in [2.05, 4.69) is 17.8 Å². The highest BCUT2D eigenvalue weighted by Gasteiger charge is 2.44. The van der Waals surface area contributed by atoms with Crippen molar-refractivity contribution in [2.75, 3.05) is 7.11 Å². The van der Waals surface area contributed by atoms with E-state index in [0.29, 0.717) is 5.56 Å². The van der Waals surface area contributed by atoms with Crippen molar-refractivity contribution in [2.45, 2.75) is 19.3 Å². The molecule has 1 saturated carbocycles. The van der Waals surface area contributed by atoms with Gasteiger partial charge in [0.05, 0.1) is 13.0 Å². The fourth-order valence-corrected chi connectivity index (χ4v) is 2.48. The van der Waals surface area contributed by atoms with Gasteiger partial charge in [-0.3, -0.25) is 9.59 Å². The summed E-state index contributed by atoms with van der Waals surface area (Å²) >= 11 is 0. The summed E-state index contributed by atoms with van der Waals surface area (Å²) in [5.41, 5.74) is 0.369. The van der Waals surface area contributed by atoms with Crippen LogP contribution in [0.15, 0.2) is 12.1 Å². The first kappa shape index (κ1) is 14.8. The highest BCUT2D eigenvalue weighted by molar-refractivity contribution is 6.16. The molecule has 0 radical (unpaired) electrons. The number of benzene rings is 1. The lowest BCUT2D eigenvalue weighted by atomic mass is 9.92. The number of Topliss-reactive ketones (excluding diaryl/α,β-unsaturated/α-hetero) is 2. The number of terminal acetylenes is 1. The summed E-state index contributed by atoms with van der Waals surface area (Å²) in [6, 6.07) is 2.71. The fraction of sp³-hybridized carbons (Fsp3) is 0.294. The van der Waals surface area contributed by atoms with Crippen molar-refractivity contribution in [2.24, 2.45) is 5.92 Å². The summed E-state index contributed by atoms with van der Waals surface area (Å²) in [6.07, 6.45) is 5.18. The van der Waals surface area contributed by atoms with Crippen molar-refractivity contribution in [3.05, 3.63) is 29.1 Å². The first-order valence-electron chi connectivity index (χ1n) is 6.36. The third kappa shape index (κ3) is 2.53. The maximum atomic E-state index is 14.3. The van der Waals surface area contributed by atoms with E-state index in [-0.39, 0.29) is 23.5 Å². The Morgan fingerprint density at radius 1 is 1.38 bits per heavy atom. The first-order chi connectivity index (χ1) is 10.0. The summed E-state index contributed by atoms with van der Waals surface area (Å²) in [5.74, 6) is 4.28. The summed E-state index contributed by atoms with van der Waals surface area (Å²) < 4.78 is 19.5. The minimum Gasteiger partial charge on any atom is -0.496 e. The zero-order valence-electron chi connectivity index (χ0n) is 11.7. The van der Waals surface area contributed by atoms with Crippen LogP contribution in [0.2, 0.25) is 0 Å². The van der Waals surface area contributed by atoms with Gasteiger partial charge in [0.15, 0.2) is 5.78 Å². The molecule has 0 N–H and O–H groups in total. The first-order valence-corrected chi connectivity index (χ1v) is 6.36. The largest absolute Gasteiger partial charge is 0.496 e. The Balaban J connectivity index is 2.58. The monoisotopic (exact) mass is 284 g/mol. The number of hydrogen-bond donors (Lipinski definition) is 0. The molecule has 2 rings (SSSR count). The molecule has 106 valence electrons. The summed E-state index contributed by atoms with van der Waals surface area (Å²) in [6.45, 7) is 1.62. The smallest absolute Gasteiger partial charge is 0.163 e. The molecule has 0 bridgehead atoms. The summed E-state index contributed by atoms with van der Waals surface area (Å²) in [5, 5.41) is 0. The molecule has 1 aliphatic carbocycles. The Hall–Kier alpha value is -2.59. The fourth-order valence-electron chi connectivity index (χ4n) is 2.48. The number of carbonyl (C=O) groups is 2. The van der Waals surface area contributed by atoms with E-state index < -0.39 is 23.4 Å². The van der Waals surface area contributed by atoms with Gasteiger partial charge >= 0.3 is 0 Å². The van der Waals surface area contributed by atoms with Crippen molar-refractivity contribution < 1.29 is 18.7 Å². The van der Waals surface area contributed by atoms with Crippen LogP contribution in [-0.4, -0.2) is 18.7 Å². The summed E-state index contributed by atoms with van der Waals surface area (Å²) in [7, 11) is 1.35. The van der Waals surface area contributed by atoms with Crippen LogP contribution in [0.25, 0.3) is 0 Å². The molecule has 2 atom stereocenters. The third-order valence-corrected chi connectivity index (χ3v) is 3.43. The zero-order chi connectivity index (χ0) is 15.6. The van der Waals surface area contributed by atoms with E-state index in [0.717, 1.165) is 0 Å². The molecule has 1 fully saturated rings. The molecular formula is C17H13FO3. The van der Waals surface area contributed by atoms with Gasteiger partial charge in [0.1, 0.15) is 23.3 Å². The minimum atomic E-state index is -1.19. The van der Waals surface area contributed by atoms with E-state index in [1.165, 1.54) is 19.2 Å². The van der Waals surface area contributed by atoms with Gasteiger partial charge in [-0.1, -0.05) is 11.8 Å². The number of hydrogen-bond acceptors (Lipinski definition) is 3. The molecule has 21 heavy (non-hydrogen) atoms. The van der Waals surface area contributed by atoms with E-state index in [9.17, 15) is 14.0 Å². The van der Waals surface area contributed by atoms with Crippen LogP contribution in [0.4, 0.5) is 4.39 Å². The van der Waals surface area contributed by atoms with Crippen molar-refractivity contribution in [3.63, 3.8) is 0 Å². The predicted octanol–water partition coefficient (Wildman–Crippen LogP) is 2.08. The molecule has 0 spiro atoms. The average molecular weight is 284 g/mol. The van der Waals surface area contributed by atoms with Crippen molar-refractivity contribution >= 4 is 11.6 Å². The Morgan fingerprint density at radius 3 is 2.62 bits per heavy atom. The molecule has 1 aromatic rings. The van der Waals surface area contributed by atoms with E-state index in [1.807, 2.05) is 0 Å². The third-order valence-electron chi connectivity index (χ3n) is 3.43. The van der Waals surface area contributed by atoms with Gasteiger partial charge < -0.3 is 4.74 Å². The topological polar surface area (TPSA) is 43.4 Å². The molecule has 3 nitrogen and oxygen atoms in total. The lowest BCUT2D eigenvalue weighted by Gasteiger charge is -2.14. The second-order valence-corrected chi connectivity index (χ2v) is 4.67. The quantitative estimate of drug-likeness (QED) is 0.617. The van der Waals surface area contributed by atoms with Crippen LogP contribution < -0.4 is 4.74 Å². The second kappa shape index (κ2) is 5.81. The molecular weight excluding hydrogens is 271 g/mol. The molecule has 1 aromatic carbocycles. The minimum absolute atomic E-state index is 0.0492. The van der Waals surface area contributed by atoms with Crippen molar-refractivity contribution in [1.29, 1.82) is 0 Å². The molecule has 2 unspecified atom stereocenters. The van der Waals surface area contributed by atoms with Crippen LogP contribution in [0.3, 0.4) is 0 Å². The van der Waals surface area contributed by atoms with Gasteiger partial charge in [0.25, 0.3) is 0 Å². The maximum Gasteiger partial charge on any atom is 0.163 e. The van der Waals surface area contributed by atoms with Crippen LogP contribution in [0.5, 0.6) is 5.75 Å². The van der Waals surface area contributed by atoms with Crippen LogP contribution in [0, 0.1) is 35.9 Å². The van der Waals surface area contributed by atoms with Gasteiger partial charge in [0.2, 0.25) is 0 Å². The number of ether oxygens (including phenoxy) is 1. The number of halogens is 1. The second-order valence-electron chi connectivity index (χ2n) is 4.67. The number of methoxy groups -OCH3 is 1. The Kier molecular flexibility index (Phi) is 4.10. The molecule has 4 heteroatoms. The zero-order valence-corrected chi connectivity index (χ0v) is 11.7. The van der Waals surface area contributed by atoms with Crippen molar-refractivity contribution in [3.8, 4) is 29.9 Å². The van der Waals surface area contributed by atoms with Gasteiger partial charge in [-0.2, -0.15) is 0 Å². The molecule has 0 aliphatic heterocycles. The Bertz CT molecular complexity index is 716. The summed E-state index contributed by atoms with van der Waals surface area (Å²) in [4.78, 5) is 24.2. The highest BCUT2D eigenvalue weighted by Crippen LogP contribution is 2.38. The van der Waals surface area contributed by atoms with Crippen LogP contribution in [0.1, 0.15) is 30.4 Å². The standard InChI is InChI=1S/C17H13FO3/c1-4-6-10-7-12(18)15(14(8-10)21-3)16-13(19)9-11(5-2)17(16)20/h2,7-8,11,16H,9H2,1,3H3. The molecule has 0 saturated heterocycles. The van der Waals surface area contributed by atoms with Crippen LogP contribution in [-0.2, 0) is 9.59 Å². The molecule has 0 aromatic heterocycles. The molecule has 1 aliphatic rings. The predicted molar refractivity (Wildman–Crippen MR) is 75.2 cm³/mol. The van der Waals surface area contributed by atoms with Gasteiger partial charge in [0, 0.05) is 17.5 Å². The highest BCUT2D eigenvalue weighted by atomic mass is 19.1. The normalized spacial score (nSPS) is 20.7. The lowest BCUT2D eigenvalue weighted by Crippen LogP contribution is -2.17. The van der Waals surface area contributed by atoms with Gasteiger partial charge in [-0.25, -0.2) is 4.39 Å². The Morgan fingerprint density at radius 2 is 2.10 bits per heavy atom. The maximum absolute atomic E-state index is 14.3. The number of ketones is 2. The van der Waals surface area contributed by atoms with E-state index in [4.69, 9.17) is 11.2 Å². The SMILES string of the molecule is C#CC1CC(=O)C(c2c(F)cc(C#CC)cc2OC)C1=O. The number of rotatable bonds is 2. The number of carbonyl (C=O) groups excluding carboxylic acids is 2. The van der Waals surface area contributed by atoms with Crippen molar-refractivity contribution in [1.82, 2.24) is 0 Å². The van der Waals surface area contributed by atoms with Gasteiger partial charge in [-0.15, -0.1) is 12.3 Å². The van der Waals surface area contributed by atoms with E-state index >= 15 is 0 Å². The average Bonchev–Trinajstić information content (AvgIpc) is 2.73. The van der Waals surface area contributed by atoms with Crippen LogP contribution >= 0.6 is 0 Å². The van der Waals surface area contributed by atoms with Gasteiger partial charge in [-0.05, 0) is 19.1 Å². The molecule has 0 amide bonds. The molecule has 0 heterocycles.